The van der Waals surface area contributed by atoms with Crippen LogP contribution in [0.1, 0.15) is 37.1 Å². The van der Waals surface area contributed by atoms with E-state index in [0.717, 1.165) is 15.6 Å². The summed E-state index contributed by atoms with van der Waals surface area (Å²) in [6, 6.07) is 11.3. The molecule has 1 aromatic carbocycles. The van der Waals surface area contributed by atoms with Gasteiger partial charge in [-0.2, -0.15) is 0 Å². The first-order valence-corrected chi connectivity index (χ1v) is 7.58. The summed E-state index contributed by atoms with van der Waals surface area (Å²) in [5.41, 5.74) is 2.07. The second-order valence-electron chi connectivity index (χ2n) is 4.86. The lowest BCUT2D eigenvalue weighted by Crippen LogP contribution is -2.38. The van der Waals surface area contributed by atoms with Crippen LogP contribution in [0.25, 0.3) is 0 Å². The standard InChI is InChI=1S/C16H18BrN3O/c1-11(13-7-9-18-10-8-13)19-16(21)20-12(2)14-5-3-4-6-15(14)17/h3-12H,1-2H3,(H2,19,20,21). The van der Waals surface area contributed by atoms with Crippen molar-refractivity contribution in [3.8, 4) is 0 Å². The predicted molar refractivity (Wildman–Crippen MR) is 86.9 cm³/mol. The maximum Gasteiger partial charge on any atom is 0.315 e. The van der Waals surface area contributed by atoms with Gasteiger partial charge in [0.25, 0.3) is 0 Å². The number of benzene rings is 1. The van der Waals surface area contributed by atoms with Crippen molar-refractivity contribution in [2.75, 3.05) is 0 Å². The Morgan fingerprint density at radius 1 is 1.05 bits per heavy atom. The van der Waals surface area contributed by atoms with E-state index in [4.69, 9.17) is 0 Å². The fourth-order valence-electron chi connectivity index (χ4n) is 2.07. The van der Waals surface area contributed by atoms with E-state index in [-0.39, 0.29) is 18.1 Å². The molecular formula is C16H18BrN3O. The summed E-state index contributed by atoms with van der Waals surface area (Å²) in [6.07, 6.45) is 3.43. The van der Waals surface area contributed by atoms with Crippen LogP contribution in [0.5, 0.6) is 0 Å². The van der Waals surface area contributed by atoms with Gasteiger partial charge >= 0.3 is 6.03 Å². The van der Waals surface area contributed by atoms with Crippen LogP contribution >= 0.6 is 15.9 Å². The van der Waals surface area contributed by atoms with Gasteiger partial charge in [0.05, 0.1) is 12.1 Å². The Hall–Kier alpha value is -1.88. The summed E-state index contributed by atoms with van der Waals surface area (Å²) >= 11 is 3.50. The second kappa shape index (κ2) is 7.22. The molecule has 0 saturated carbocycles. The molecule has 2 amide bonds. The SMILES string of the molecule is CC(NC(=O)NC(C)c1ccccc1Br)c1ccncc1. The van der Waals surface area contributed by atoms with Crippen molar-refractivity contribution in [3.05, 3.63) is 64.4 Å². The number of nitrogens with zero attached hydrogens (tertiary/aromatic N) is 1. The number of pyridine rings is 1. The van der Waals surface area contributed by atoms with Crippen molar-refractivity contribution in [1.82, 2.24) is 15.6 Å². The van der Waals surface area contributed by atoms with E-state index in [1.54, 1.807) is 12.4 Å². The molecule has 4 nitrogen and oxygen atoms in total. The van der Waals surface area contributed by atoms with Crippen LogP contribution in [0.4, 0.5) is 4.79 Å². The third-order valence-electron chi connectivity index (χ3n) is 3.27. The summed E-state index contributed by atoms with van der Waals surface area (Å²) in [5, 5.41) is 5.87. The van der Waals surface area contributed by atoms with Crippen molar-refractivity contribution >= 4 is 22.0 Å². The van der Waals surface area contributed by atoms with Gasteiger partial charge in [-0.1, -0.05) is 34.1 Å². The Bertz CT molecular complexity index is 603. The zero-order valence-electron chi connectivity index (χ0n) is 12.0. The third-order valence-corrected chi connectivity index (χ3v) is 4.00. The van der Waals surface area contributed by atoms with Gasteiger partial charge in [-0.05, 0) is 43.2 Å². The molecule has 0 aliphatic carbocycles. The fraction of sp³-hybridized carbons (Fsp3) is 0.250. The fourth-order valence-corrected chi connectivity index (χ4v) is 2.70. The zero-order chi connectivity index (χ0) is 15.2. The maximum absolute atomic E-state index is 12.1. The molecule has 0 saturated heterocycles. The van der Waals surface area contributed by atoms with Gasteiger partial charge in [0.1, 0.15) is 0 Å². The molecule has 0 aliphatic rings. The van der Waals surface area contributed by atoms with E-state index in [9.17, 15) is 4.79 Å². The Kier molecular flexibility index (Phi) is 5.33. The third kappa shape index (κ3) is 4.29. The molecule has 2 rings (SSSR count). The molecule has 2 aromatic rings. The number of aromatic nitrogens is 1. The van der Waals surface area contributed by atoms with E-state index >= 15 is 0 Å². The molecule has 1 aromatic heterocycles. The minimum absolute atomic E-state index is 0.0700. The summed E-state index contributed by atoms with van der Waals surface area (Å²) in [5.74, 6) is 0. The van der Waals surface area contributed by atoms with Gasteiger partial charge < -0.3 is 10.6 Å². The number of amides is 2. The molecule has 0 bridgehead atoms. The lowest BCUT2D eigenvalue weighted by atomic mass is 10.1. The maximum atomic E-state index is 12.1. The quantitative estimate of drug-likeness (QED) is 0.879. The van der Waals surface area contributed by atoms with Crippen molar-refractivity contribution in [2.45, 2.75) is 25.9 Å². The van der Waals surface area contributed by atoms with Crippen molar-refractivity contribution < 1.29 is 4.79 Å². The highest BCUT2D eigenvalue weighted by Gasteiger charge is 2.14. The van der Waals surface area contributed by atoms with Gasteiger partial charge in [-0.25, -0.2) is 4.79 Å². The number of rotatable bonds is 4. The summed E-state index contributed by atoms with van der Waals surface area (Å²) in [6.45, 7) is 3.90. The molecule has 2 N–H and O–H groups in total. The second-order valence-corrected chi connectivity index (χ2v) is 5.72. The normalized spacial score (nSPS) is 13.3. The lowest BCUT2D eigenvalue weighted by Gasteiger charge is -2.19. The first-order chi connectivity index (χ1) is 10.1. The molecular weight excluding hydrogens is 330 g/mol. The molecule has 0 aliphatic heterocycles. The Balaban J connectivity index is 1.94. The smallest absolute Gasteiger partial charge is 0.315 e. The van der Waals surface area contributed by atoms with Crippen LogP contribution in [0.2, 0.25) is 0 Å². The van der Waals surface area contributed by atoms with Crippen LogP contribution < -0.4 is 10.6 Å². The van der Waals surface area contributed by atoms with Crippen LogP contribution in [0.3, 0.4) is 0 Å². The van der Waals surface area contributed by atoms with E-state index in [0.29, 0.717) is 0 Å². The molecule has 2 unspecified atom stereocenters. The molecule has 110 valence electrons. The minimum atomic E-state index is -0.192. The average molecular weight is 348 g/mol. The minimum Gasteiger partial charge on any atom is -0.332 e. The molecule has 0 radical (unpaired) electrons. The van der Waals surface area contributed by atoms with Gasteiger partial charge in [0.15, 0.2) is 0 Å². The number of carbonyl (C=O) groups is 1. The van der Waals surface area contributed by atoms with Crippen molar-refractivity contribution in [2.24, 2.45) is 0 Å². The number of carbonyl (C=O) groups excluding carboxylic acids is 1. The Morgan fingerprint density at radius 3 is 2.33 bits per heavy atom. The van der Waals surface area contributed by atoms with Crippen molar-refractivity contribution in [3.63, 3.8) is 0 Å². The first-order valence-electron chi connectivity index (χ1n) is 6.79. The van der Waals surface area contributed by atoms with E-state index in [1.807, 2.05) is 50.2 Å². The average Bonchev–Trinajstić information content (AvgIpc) is 2.48. The highest BCUT2D eigenvalue weighted by molar-refractivity contribution is 9.10. The Morgan fingerprint density at radius 2 is 1.67 bits per heavy atom. The van der Waals surface area contributed by atoms with Crippen LogP contribution in [0.15, 0.2) is 53.3 Å². The highest BCUT2D eigenvalue weighted by atomic mass is 79.9. The topological polar surface area (TPSA) is 54.0 Å². The number of nitrogens with one attached hydrogen (secondary N) is 2. The number of hydrogen-bond acceptors (Lipinski definition) is 2. The summed E-state index contributed by atoms with van der Waals surface area (Å²) in [4.78, 5) is 16.0. The van der Waals surface area contributed by atoms with E-state index < -0.39 is 0 Å². The number of halogens is 1. The molecule has 1 heterocycles. The highest BCUT2D eigenvalue weighted by Crippen LogP contribution is 2.22. The Labute approximate surface area is 133 Å². The number of urea groups is 1. The largest absolute Gasteiger partial charge is 0.332 e. The molecule has 5 heteroatoms. The summed E-state index contributed by atoms with van der Waals surface area (Å²) in [7, 11) is 0. The predicted octanol–water partition coefficient (Wildman–Crippen LogP) is 3.97. The van der Waals surface area contributed by atoms with Crippen molar-refractivity contribution in [1.29, 1.82) is 0 Å². The molecule has 2 atom stereocenters. The molecule has 0 spiro atoms. The first kappa shape index (κ1) is 15.5. The summed E-state index contributed by atoms with van der Waals surface area (Å²) < 4.78 is 0.986. The van der Waals surface area contributed by atoms with Gasteiger partial charge in [0.2, 0.25) is 0 Å². The van der Waals surface area contributed by atoms with Crippen LogP contribution in [-0.4, -0.2) is 11.0 Å². The van der Waals surface area contributed by atoms with E-state index in [1.165, 1.54) is 0 Å². The van der Waals surface area contributed by atoms with Crippen LogP contribution in [0, 0.1) is 0 Å². The monoisotopic (exact) mass is 347 g/mol. The lowest BCUT2D eigenvalue weighted by molar-refractivity contribution is 0.235. The zero-order valence-corrected chi connectivity index (χ0v) is 13.6. The molecule has 21 heavy (non-hydrogen) atoms. The molecule has 0 fully saturated rings. The number of hydrogen-bond donors (Lipinski definition) is 2. The van der Waals surface area contributed by atoms with Gasteiger partial charge in [-0.3, -0.25) is 4.98 Å². The van der Waals surface area contributed by atoms with E-state index in [2.05, 4.69) is 31.5 Å². The van der Waals surface area contributed by atoms with Crippen LogP contribution in [-0.2, 0) is 0 Å². The van der Waals surface area contributed by atoms with Gasteiger partial charge in [-0.15, -0.1) is 0 Å². The van der Waals surface area contributed by atoms with Gasteiger partial charge in [0, 0.05) is 16.9 Å².